The van der Waals surface area contributed by atoms with Crippen molar-refractivity contribution in [1.29, 1.82) is 0 Å². The van der Waals surface area contributed by atoms with Crippen molar-refractivity contribution in [3.8, 4) is 0 Å². The Kier molecular flexibility index (Phi) is 3.72. The van der Waals surface area contributed by atoms with E-state index in [0.717, 1.165) is 30.2 Å². The van der Waals surface area contributed by atoms with Crippen molar-refractivity contribution in [3.05, 3.63) is 36.3 Å². The molecular weight excluding hydrogens is 304 g/mol. The third-order valence-corrected chi connectivity index (χ3v) is 5.03. The first kappa shape index (κ1) is 15.1. The molecule has 0 saturated carbocycles. The third kappa shape index (κ3) is 2.45. The number of carbonyl (C=O) groups excluding carboxylic acids is 1. The van der Waals surface area contributed by atoms with Crippen molar-refractivity contribution in [2.24, 2.45) is 13.0 Å². The minimum atomic E-state index is -0.0642. The Morgan fingerprint density at radius 2 is 2.17 bits per heavy atom. The van der Waals surface area contributed by atoms with Crippen molar-refractivity contribution in [3.63, 3.8) is 0 Å². The first-order valence-electron chi connectivity index (χ1n) is 8.32. The number of hydrogen-bond donors (Lipinski definition) is 1. The molecule has 4 heterocycles. The highest BCUT2D eigenvalue weighted by Crippen LogP contribution is 2.34. The van der Waals surface area contributed by atoms with E-state index in [0.29, 0.717) is 13.1 Å². The lowest BCUT2D eigenvalue weighted by Crippen LogP contribution is -2.46. The fourth-order valence-corrected chi connectivity index (χ4v) is 3.72. The summed E-state index contributed by atoms with van der Waals surface area (Å²) in [4.78, 5) is 21.7. The summed E-state index contributed by atoms with van der Waals surface area (Å²) in [6, 6.07) is 3.88. The molecule has 2 aromatic heterocycles. The molecule has 0 bridgehead atoms. The summed E-state index contributed by atoms with van der Waals surface area (Å²) in [7, 11) is 3.92. The van der Waals surface area contributed by atoms with Gasteiger partial charge in [0.1, 0.15) is 0 Å². The van der Waals surface area contributed by atoms with Crippen molar-refractivity contribution >= 4 is 17.4 Å². The molecule has 0 spiro atoms. The monoisotopic (exact) mass is 326 g/mol. The average Bonchev–Trinajstić information content (AvgIpc) is 3.23. The van der Waals surface area contributed by atoms with Gasteiger partial charge in [-0.15, -0.1) is 0 Å². The van der Waals surface area contributed by atoms with E-state index in [1.54, 1.807) is 10.9 Å². The van der Waals surface area contributed by atoms with Gasteiger partial charge in [-0.1, -0.05) is 0 Å². The highest BCUT2D eigenvalue weighted by atomic mass is 16.2. The number of anilines is 2. The Morgan fingerprint density at radius 3 is 2.96 bits per heavy atom. The van der Waals surface area contributed by atoms with Gasteiger partial charge in [-0.05, 0) is 17.7 Å². The van der Waals surface area contributed by atoms with Crippen LogP contribution in [-0.2, 0) is 11.8 Å². The van der Waals surface area contributed by atoms with Gasteiger partial charge in [-0.25, -0.2) is 4.98 Å². The summed E-state index contributed by atoms with van der Waals surface area (Å²) < 4.78 is 1.80. The number of carbonyl (C=O) groups is 1. The van der Waals surface area contributed by atoms with E-state index in [4.69, 9.17) is 0 Å². The number of pyridine rings is 1. The number of amides is 1. The van der Waals surface area contributed by atoms with Crippen LogP contribution in [0.2, 0.25) is 0 Å². The van der Waals surface area contributed by atoms with Crippen molar-refractivity contribution in [2.45, 2.75) is 5.92 Å². The SMILES string of the molecule is CN1CCN(C(=O)[C@H]2CNC[C@@H]2c2cnn(C)c2)c2cccnc21. The van der Waals surface area contributed by atoms with E-state index in [9.17, 15) is 4.79 Å². The number of nitrogens with zero attached hydrogens (tertiary/aromatic N) is 5. The van der Waals surface area contributed by atoms with E-state index < -0.39 is 0 Å². The van der Waals surface area contributed by atoms with Crippen molar-refractivity contribution in [2.75, 3.05) is 43.0 Å². The van der Waals surface area contributed by atoms with Crippen molar-refractivity contribution < 1.29 is 4.79 Å². The molecule has 24 heavy (non-hydrogen) atoms. The Labute approximate surface area is 141 Å². The van der Waals surface area contributed by atoms with E-state index >= 15 is 0 Å². The molecule has 0 unspecified atom stereocenters. The number of aryl methyl sites for hydroxylation is 1. The molecule has 7 heteroatoms. The van der Waals surface area contributed by atoms with Crippen LogP contribution in [0.4, 0.5) is 11.5 Å². The molecule has 1 fully saturated rings. The summed E-state index contributed by atoms with van der Waals surface area (Å²) >= 11 is 0. The normalized spacial score (nSPS) is 23.4. The molecular formula is C17H22N6O. The summed E-state index contributed by atoms with van der Waals surface area (Å²) in [6.07, 6.45) is 5.66. The lowest BCUT2D eigenvalue weighted by Gasteiger charge is -2.36. The predicted molar refractivity (Wildman–Crippen MR) is 92.2 cm³/mol. The molecule has 7 nitrogen and oxygen atoms in total. The van der Waals surface area contributed by atoms with Crippen LogP contribution in [0.25, 0.3) is 0 Å². The maximum atomic E-state index is 13.3. The van der Waals surface area contributed by atoms with E-state index in [2.05, 4.69) is 20.3 Å². The molecule has 1 amide bonds. The van der Waals surface area contributed by atoms with Gasteiger partial charge in [-0.2, -0.15) is 5.10 Å². The van der Waals surface area contributed by atoms with Crippen LogP contribution >= 0.6 is 0 Å². The molecule has 1 saturated heterocycles. The molecule has 2 aliphatic rings. The number of aromatic nitrogens is 3. The van der Waals surface area contributed by atoms with Crippen molar-refractivity contribution in [1.82, 2.24) is 20.1 Å². The van der Waals surface area contributed by atoms with Crippen LogP contribution in [0.1, 0.15) is 11.5 Å². The minimum absolute atomic E-state index is 0.0642. The summed E-state index contributed by atoms with van der Waals surface area (Å²) in [6.45, 7) is 3.02. The summed E-state index contributed by atoms with van der Waals surface area (Å²) in [5.74, 6) is 1.16. The second-order valence-corrected chi connectivity index (χ2v) is 6.58. The quantitative estimate of drug-likeness (QED) is 0.875. The Morgan fingerprint density at radius 1 is 1.29 bits per heavy atom. The molecule has 126 valence electrons. The lowest BCUT2D eigenvalue weighted by atomic mass is 9.89. The number of likely N-dealkylation sites (N-methyl/N-ethyl adjacent to an activating group) is 1. The Bertz CT molecular complexity index is 757. The van der Waals surface area contributed by atoms with E-state index in [1.807, 2.05) is 43.5 Å². The first-order chi connectivity index (χ1) is 11.6. The molecule has 2 atom stereocenters. The minimum Gasteiger partial charge on any atom is -0.356 e. The Balaban J connectivity index is 1.63. The van der Waals surface area contributed by atoms with Crippen LogP contribution in [-0.4, -0.2) is 53.9 Å². The van der Waals surface area contributed by atoms with E-state index in [-0.39, 0.29) is 17.7 Å². The standard InChI is InChI=1S/C17H22N6O/c1-21-6-7-23(15-4-3-5-19-16(15)21)17(24)14-10-18-9-13(14)12-8-20-22(2)11-12/h3-5,8,11,13-14,18H,6-7,9-10H2,1-2H3/t13-,14+/m1/s1. The van der Waals surface area contributed by atoms with Gasteiger partial charge in [-0.3, -0.25) is 9.48 Å². The predicted octanol–water partition coefficient (Wildman–Crippen LogP) is 0.601. The number of nitrogens with one attached hydrogen (secondary N) is 1. The number of rotatable bonds is 2. The smallest absolute Gasteiger partial charge is 0.232 e. The van der Waals surface area contributed by atoms with Gasteiger partial charge in [0.15, 0.2) is 5.82 Å². The van der Waals surface area contributed by atoms with Gasteiger partial charge in [0.2, 0.25) is 5.91 Å². The van der Waals surface area contributed by atoms with Gasteiger partial charge in [0.05, 0.1) is 17.8 Å². The van der Waals surface area contributed by atoms with Gasteiger partial charge >= 0.3 is 0 Å². The summed E-state index contributed by atoms with van der Waals surface area (Å²) in [5, 5.41) is 7.63. The second kappa shape index (κ2) is 5.90. The fourth-order valence-electron chi connectivity index (χ4n) is 3.72. The molecule has 2 aliphatic heterocycles. The van der Waals surface area contributed by atoms with Gasteiger partial charge in [0.25, 0.3) is 0 Å². The number of hydrogen-bond acceptors (Lipinski definition) is 5. The Hall–Kier alpha value is -2.41. The van der Waals surface area contributed by atoms with E-state index in [1.165, 1.54) is 0 Å². The molecule has 0 aliphatic carbocycles. The van der Waals surface area contributed by atoms with Crippen LogP contribution in [0.3, 0.4) is 0 Å². The summed E-state index contributed by atoms with van der Waals surface area (Å²) in [5.41, 5.74) is 2.04. The highest BCUT2D eigenvalue weighted by molar-refractivity contribution is 5.99. The van der Waals surface area contributed by atoms with Gasteiger partial charge in [0, 0.05) is 58.6 Å². The third-order valence-electron chi connectivity index (χ3n) is 5.03. The van der Waals surface area contributed by atoms with Gasteiger partial charge < -0.3 is 15.1 Å². The zero-order valence-electron chi connectivity index (χ0n) is 14.0. The maximum absolute atomic E-state index is 13.3. The molecule has 4 rings (SSSR count). The second-order valence-electron chi connectivity index (χ2n) is 6.58. The lowest BCUT2D eigenvalue weighted by molar-refractivity contribution is -0.122. The van der Waals surface area contributed by atoms with Crippen LogP contribution in [0.15, 0.2) is 30.7 Å². The zero-order valence-corrected chi connectivity index (χ0v) is 14.0. The first-order valence-corrected chi connectivity index (χ1v) is 8.32. The van der Waals surface area contributed by atoms with Crippen LogP contribution in [0, 0.1) is 5.92 Å². The zero-order chi connectivity index (χ0) is 16.7. The molecule has 2 aromatic rings. The van der Waals surface area contributed by atoms with Crippen LogP contribution < -0.4 is 15.1 Å². The fraction of sp³-hybridized carbons (Fsp3) is 0.471. The molecule has 0 radical (unpaired) electrons. The largest absolute Gasteiger partial charge is 0.356 e. The molecule has 1 N–H and O–H groups in total. The maximum Gasteiger partial charge on any atom is 0.232 e. The molecule has 0 aromatic carbocycles. The van der Waals surface area contributed by atoms with Crippen LogP contribution in [0.5, 0.6) is 0 Å². The average molecular weight is 326 g/mol. The topological polar surface area (TPSA) is 66.3 Å². The highest BCUT2D eigenvalue weighted by Gasteiger charge is 2.39. The number of fused-ring (bicyclic) bond motifs is 1.